The highest BCUT2D eigenvalue weighted by Crippen LogP contribution is 2.41. The van der Waals surface area contributed by atoms with E-state index in [1.54, 1.807) is 17.0 Å². The highest BCUT2D eigenvalue weighted by atomic mass is 32.2. The van der Waals surface area contributed by atoms with E-state index in [1.165, 1.54) is 12.5 Å². The van der Waals surface area contributed by atoms with Gasteiger partial charge in [0, 0.05) is 19.7 Å². The number of piperidine rings is 1. The number of nitrogens with zero attached hydrogens (tertiary/aromatic N) is 1. The average Bonchev–Trinajstić information content (AvgIpc) is 3.03. The summed E-state index contributed by atoms with van der Waals surface area (Å²) >= 11 is 0. The zero-order valence-electron chi connectivity index (χ0n) is 13.2. The van der Waals surface area contributed by atoms with Crippen LogP contribution in [0, 0.1) is 5.41 Å². The van der Waals surface area contributed by atoms with Crippen molar-refractivity contribution in [2.24, 2.45) is 5.41 Å². The first-order valence-electron chi connectivity index (χ1n) is 7.77. The fourth-order valence-corrected chi connectivity index (χ4v) is 4.39. The molecule has 0 saturated carbocycles. The van der Waals surface area contributed by atoms with E-state index in [4.69, 9.17) is 9.15 Å². The van der Waals surface area contributed by atoms with Gasteiger partial charge in [0.25, 0.3) is 5.91 Å². The summed E-state index contributed by atoms with van der Waals surface area (Å²) in [7, 11) is -3.29. The fourth-order valence-electron chi connectivity index (χ4n) is 3.55. The van der Waals surface area contributed by atoms with Crippen LogP contribution in [0.1, 0.15) is 29.8 Å². The molecule has 1 atom stereocenters. The molecule has 8 heteroatoms. The van der Waals surface area contributed by atoms with Crippen molar-refractivity contribution < 1.29 is 22.4 Å². The van der Waals surface area contributed by atoms with E-state index in [2.05, 4.69) is 4.72 Å². The molecule has 0 unspecified atom stereocenters. The molecule has 7 nitrogen and oxygen atoms in total. The first-order valence-corrected chi connectivity index (χ1v) is 9.67. The third-order valence-electron chi connectivity index (χ3n) is 4.90. The van der Waals surface area contributed by atoms with Gasteiger partial charge < -0.3 is 14.1 Å². The summed E-state index contributed by atoms with van der Waals surface area (Å²) < 4.78 is 36.6. The second kappa shape index (κ2) is 6.26. The Bertz CT molecular complexity index is 647. The van der Waals surface area contributed by atoms with Crippen molar-refractivity contribution in [2.45, 2.75) is 25.3 Å². The smallest absolute Gasteiger partial charge is 0.289 e. The molecule has 0 radical (unpaired) electrons. The molecule has 2 saturated heterocycles. The van der Waals surface area contributed by atoms with Gasteiger partial charge in [0.2, 0.25) is 10.0 Å². The maximum atomic E-state index is 12.3. The summed E-state index contributed by atoms with van der Waals surface area (Å²) in [5.74, 6) is 0.239. The van der Waals surface area contributed by atoms with Crippen molar-refractivity contribution >= 4 is 15.9 Å². The number of sulfonamides is 1. The van der Waals surface area contributed by atoms with E-state index in [-0.39, 0.29) is 17.4 Å². The van der Waals surface area contributed by atoms with Gasteiger partial charge in [-0.05, 0) is 36.8 Å². The predicted octanol–water partition coefficient (Wildman–Crippen LogP) is 0.840. The molecule has 0 bridgehead atoms. The predicted molar refractivity (Wildman–Crippen MR) is 83.5 cm³/mol. The lowest BCUT2D eigenvalue weighted by Crippen LogP contribution is -2.57. The van der Waals surface area contributed by atoms with Gasteiger partial charge in [-0.3, -0.25) is 4.79 Å². The number of carbonyl (C=O) groups excluding carboxylic acids is 1. The van der Waals surface area contributed by atoms with Crippen LogP contribution in [-0.2, 0) is 14.8 Å². The number of carbonyl (C=O) groups is 1. The number of nitrogens with one attached hydrogen (secondary N) is 1. The van der Waals surface area contributed by atoms with Gasteiger partial charge in [-0.15, -0.1) is 0 Å². The Morgan fingerprint density at radius 3 is 2.70 bits per heavy atom. The van der Waals surface area contributed by atoms with Crippen molar-refractivity contribution in [2.75, 3.05) is 32.6 Å². The quantitative estimate of drug-likeness (QED) is 0.879. The molecule has 3 rings (SSSR count). The molecular weight excluding hydrogens is 320 g/mol. The standard InChI is InChI=1S/C15H22N2O5S/c1-23(19,20)16-13-11-21-10-6-15(13)4-7-17(8-5-15)14(18)12-3-2-9-22-12/h2-3,9,13,16H,4-8,10-11H2,1H3/t13-/m0/s1. The van der Waals surface area contributed by atoms with Crippen LogP contribution in [0.2, 0.25) is 0 Å². The molecule has 0 aromatic carbocycles. The van der Waals surface area contributed by atoms with Crippen molar-refractivity contribution in [3.63, 3.8) is 0 Å². The molecule has 2 aliphatic heterocycles. The highest BCUT2D eigenvalue weighted by Gasteiger charge is 2.45. The first kappa shape index (κ1) is 16.5. The summed E-state index contributed by atoms with van der Waals surface area (Å²) in [6.45, 7) is 2.22. The molecule has 1 aromatic rings. The van der Waals surface area contributed by atoms with Gasteiger partial charge in [0.1, 0.15) is 0 Å². The third-order valence-corrected chi connectivity index (χ3v) is 5.62. The summed E-state index contributed by atoms with van der Waals surface area (Å²) in [5.41, 5.74) is -0.138. The van der Waals surface area contributed by atoms with Crippen LogP contribution in [0.5, 0.6) is 0 Å². The lowest BCUT2D eigenvalue weighted by atomic mass is 9.69. The molecule has 1 N–H and O–H groups in total. The minimum atomic E-state index is -3.29. The Balaban J connectivity index is 1.69. The molecule has 1 aromatic heterocycles. The van der Waals surface area contributed by atoms with E-state index in [9.17, 15) is 13.2 Å². The fraction of sp³-hybridized carbons (Fsp3) is 0.667. The summed E-state index contributed by atoms with van der Waals surface area (Å²) in [4.78, 5) is 14.1. The first-order chi connectivity index (χ1) is 10.9. The molecule has 23 heavy (non-hydrogen) atoms. The lowest BCUT2D eigenvalue weighted by Gasteiger charge is -2.48. The van der Waals surface area contributed by atoms with E-state index in [0.717, 1.165) is 19.3 Å². The van der Waals surface area contributed by atoms with Crippen LogP contribution in [0.25, 0.3) is 0 Å². The Kier molecular flexibility index (Phi) is 4.48. The Hall–Kier alpha value is -1.38. The summed E-state index contributed by atoms with van der Waals surface area (Å²) in [6.07, 6.45) is 4.99. The van der Waals surface area contributed by atoms with Crippen LogP contribution < -0.4 is 4.72 Å². The Labute approximate surface area is 136 Å². The monoisotopic (exact) mass is 342 g/mol. The van der Waals surface area contributed by atoms with Crippen molar-refractivity contribution in [3.8, 4) is 0 Å². The van der Waals surface area contributed by atoms with Crippen LogP contribution in [0.4, 0.5) is 0 Å². The maximum absolute atomic E-state index is 12.3. The number of rotatable bonds is 3. The molecule has 1 amide bonds. The Morgan fingerprint density at radius 1 is 1.35 bits per heavy atom. The molecule has 3 heterocycles. The highest BCUT2D eigenvalue weighted by molar-refractivity contribution is 7.88. The summed E-state index contributed by atoms with van der Waals surface area (Å²) in [5, 5.41) is 0. The maximum Gasteiger partial charge on any atom is 0.289 e. The number of hydrogen-bond acceptors (Lipinski definition) is 5. The molecule has 2 aliphatic rings. The number of likely N-dealkylation sites (tertiary alicyclic amines) is 1. The van der Waals surface area contributed by atoms with Gasteiger partial charge >= 0.3 is 0 Å². The molecule has 2 fully saturated rings. The van der Waals surface area contributed by atoms with Gasteiger partial charge in [0.05, 0.1) is 25.2 Å². The number of ether oxygens (including phenoxy) is 1. The molecule has 0 aliphatic carbocycles. The van der Waals surface area contributed by atoms with Crippen LogP contribution >= 0.6 is 0 Å². The van der Waals surface area contributed by atoms with Crippen LogP contribution in [-0.4, -0.2) is 57.8 Å². The van der Waals surface area contributed by atoms with Crippen molar-refractivity contribution in [3.05, 3.63) is 24.2 Å². The minimum absolute atomic E-state index is 0.107. The largest absolute Gasteiger partial charge is 0.459 e. The number of furan rings is 1. The number of hydrogen-bond donors (Lipinski definition) is 1. The van der Waals surface area contributed by atoms with Crippen LogP contribution in [0.15, 0.2) is 22.8 Å². The van der Waals surface area contributed by atoms with Gasteiger partial charge in [0.15, 0.2) is 5.76 Å². The van der Waals surface area contributed by atoms with E-state index in [1.807, 2.05) is 0 Å². The second-order valence-corrected chi connectivity index (χ2v) is 8.18. The SMILES string of the molecule is CS(=O)(=O)N[C@H]1COCCC12CCN(C(=O)c1ccco1)CC2. The molecule has 128 valence electrons. The topological polar surface area (TPSA) is 88.9 Å². The molecule has 1 spiro atoms. The zero-order chi connectivity index (χ0) is 16.5. The van der Waals surface area contributed by atoms with Gasteiger partial charge in [-0.25, -0.2) is 13.1 Å². The summed E-state index contributed by atoms with van der Waals surface area (Å²) in [6, 6.07) is 3.13. The van der Waals surface area contributed by atoms with E-state index >= 15 is 0 Å². The lowest BCUT2D eigenvalue weighted by molar-refractivity contribution is -0.0403. The average molecular weight is 342 g/mol. The van der Waals surface area contributed by atoms with E-state index < -0.39 is 10.0 Å². The normalized spacial score (nSPS) is 24.7. The van der Waals surface area contributed by atoms with Crippen LogP contribution in [0.3, 0.4) is 0 Å². The Morgan fingerprint density at radius 2 is 2.09 bits per heavy atom. The van der Waals surface area contributed by atoms with Gasteiger partial charge in [-0.2, -0.15) is 0 Å². The van der Waals surface area contributed by atoms with E-state index in [0.29, 0.717) is 32.1 Å². The van der Waals surface area contributed by atoms with Crippen molar-refractivity contribution in [1.29, 1.82) is 0 Å². The third kappa shape index (κ3) is 3.59. The van der Waals surface area contributed by atoms with Crippen molar-refractivity contribution in [1.82, 2.24) is 9.62 Å². The molecular formula is C15H22N2O5S. The minimum Gasteiger partial charge on any atom is -0.459 e. The van der Waals surface area contributed by atoms with Gasteiger partial charge in [-0.1, -0.05) is 0 Å². The zero-order valence-corrected chi connectivity index (χ0v) is 14.0. The second-order valence-electron chi connectivity index (χ2n) is 6.40. The number of amides is 1.